The van der Waals surface area contributed by atoms with Crippen LogP contribution in [0.5, 0.6) is 0 Å². The zero-order chi connectivity index (χ0) is 12.5. The fraction of sp³-hybridized carbons (Fsp3) is 0.625. The Bertz CT molecular complexity index is 397. The first-order valence-electron chi connectivity index (χ1n) is 6.86. The molecule has 2 unspecified atom stereocenters. The Hall–Kier alpha value is -0.820. The SMILES string of the molecule is CCNC1CCC(C)(c2ccc(C)c(C)c2)C1. The van der Waals surface area contributed by atoms with Crippen LogP contribution in [0, 0.1) is 13.8 Å². The second-order valence-electron chi connectivity index (χ2n) is 5.86. The van der Waals surface area contributed by atoms with Crippen LogP contribution in [0.25, 0.3) is 0 Å². The van der Waals surface area contributed by atoms with Crippen LogP contribution in [0.15, 0.2) is 18.2 Å². The number of aryl methyl sites for hydroxylation is 2. The van der Waals surface area contributed by atoms with E-state index in [4.69, 9.17) is 0 Å². The van der Waals surface area contributed by atoms with E-state index in [9.17, 15) is 0 Å². The number of benzene rings is 1. The molecule has 1 heteroatoms. The molecule has 1 fully saturated rings. The average Bonchev–Trinajstić information content (AvgIpc) is 2.66. The van der Waals surface area contributed by atoms with E-state index in [1.165, 1.54) is 36.0 Å². The van der Waals surface area contributed by atoms with E-state index in [1.54, 1.807) is 0 Å². The summed E-state index contributed by atoms with van der Waals surface area (Å²) in [6, 6.07) is 7.71. The highest BCUT2D eigenvalue weighted by molar-refractivity contribution is 5.35. The van der Waals surface area contributed by atoms with Crippen molar-refractivity contribution in [2.75, 3.05) is 6.54 Å². The highest BCUT2D eigenvalue weighted by Gasteiger charge is 2.36. The van der Waals surface area contributed by atoms with Gasteiger partial charge in [0.25, 0.3) is 0 Å². The van der Waals surface area contributed by atoms with Crippen LogP contribution in [-0.4, -0.2) is 12.6 Å². The van der Waals surface area contributed by atoms with Crippen molar-refractivity contribution in [1.29, 1.82) is 0 Å². The summed E-state index contributed by atoms with van der Waals surface area (Å²) in [6.45, 7) is 10.1. The standard InChI is InChI=1S/C16H25N/c1-5-17-15-8-9-16(4,11-15)14-7-6-12(2)13(3)10-14/h6-7,10,15,17H,5,8-9,11H2,1-4H3. The summed E-state index contributed by atoms with van der Waals surface area (Å²) < 4.78 is 0. The lowest BCUT2D eigenvalue weighted by molar-refractivity contribution is 0.457. The molecule has 1 nitrogen and oxygen atoms in total. The van der Waals surface area contributed by atoms with Gasteiger partial charge in [0.05, 0.1) is 0 Å². The summed E-state index contributed by atoms with van der Waals surface area (Å²) in [5.41, 5.74) is 4.74. The van der Waals surface area contributed by atoms with Gasteiger partial charge in [0.1, 0.15) is 0 Å². The van der Waals surface area contributed by atoms with Gasteiger partial charge in [-0.05, 0) is 61.8 Å². The number of hydrogen-bond donors (Lipinski definition) is 1. The first-order chi connectivity index (χ1) is 8.05. The molecule has 1 aliphatic carbocycles. The average molecular weight is 231 g/mol. The van der Waals surface area contributed by atoms with Gasteiger partial charge in [0.15, 0.2) is 0 Å². The first-order valence-corrected chi connectivity index (χ1v) is 6.86. The van der Waals surface area contributed by atoms with Crippen LogP contribution in [0.2, 0.25) is 0 Å². The lowest BCUT2D eigenvalue weighted by Gasteiger charge is -2.26. The van der Waals surface area contributed by atoms with E-state index in [0.29, 0.717) is 11.5 Å². The molecular formula is C16H25N. The van der Waals surface area contributed by atoms with Gasteiger partial charge >= 0.3 is 0 Å². The Labute approximate surface area is 106 Å². The molecule has 1 saturated carbocycles. The molecule has 1 aliphatic rings. The minimum absolute atomic E-state index is 0.380. The highest BCUT2D eigenvalue weighted by Crippen LogP contribution is 2.41. The fourth-order valence-corrected chi connectivity index (χ4v) is 3.08. The Balaban J connectivity index is 2.18. The van der Waals surface area contributed by atoms with Crippen LogP contribution >= 0.6 is 0 Å². The maximum Gasteiger partial charge on any atom is 0.00756 e. The van der Waals surface area contributed by atoms with Crippen molar-refractivity contribution in [2.24, 2.45) is 0 Å². The maximum absolute atomic E-state index is 3.60. The summed E-state index contributed by atoms with van der Waals surface area (Å²) in [6.07, 6.45) is 3.91. The van der Waals surface area contributed by atoms with Crippen molar-refractivity contribution < 1.29 is 0 Å². The van der Waals surface area contributed by atoms with Gasteiger partial charge in [-0.15, -0.1) is 0 Å². The maximum atomic E-state index is 3.60. The Kier molecular flexibility index (Phi) is 3.58. The third-order valence-corrected chi connectivity index (χ3v) is 4.44. The Morgan fingerprint density at radius 2 is 2.06 bits per heavy atom. The number of rotatable bonds is 3. The van der Waals surface area contributed by atoms with E-state index < -0.39 is 0 Å². The molecule has 0 aromatic heterocycles. The van der Waals surface area contributed by atoms with E-state index in [-0.39, 0.29) is 0 Å². The van der Waals surface area contributed by atoms with Gasteiger partial charge in [0, 0.05) is 6.04 Å². The zero-order valence-electron chi connectivity index (χ0n) is 11.6. The van der Waals surface area contributed by atoms with E-state index in [1.807, 2.05) is 0 Å². The molecule has 2 atom stereocenters. The summed E-state index contributed by atoms with van der Waals surface area (Å²) in [4.78, 5) is 0. The quantitative estimate of drug-likeness (QED) is 0.836. The first kappa shape index (κ1) is 12.6. The van der Waals surface area contributed by atoms with Crippen molar-refractivity contribution in [3.8, 4) is 0 Å². The molecule has 17 heavy (non-hydrogen) atoms. The van der Waals surface area contributed by atoms with Gasteiger partial charge in [-0.3, -0.25) is 0 Å². The van der Waals surface area contributed by atoms with Gasteiger partial charge in [-0.1, -0.05) is 32.0 Å². The molecule has 0 saturated heterocycles. The summed E-state index contributed by atoms with van der Waals surface area (Å²) in [7, 11) is 0. The molecule has 0 spiro atoms. The molecule has 1 N–H and O–H groups in total. The van der Waals surface area contributed by atoms with Gasteiger partial charge in [-0.2, -0.15) is 0 Å². The summed E-state index contributed by atoms with van der Waals surface area (Å²) >= 11 is 0. The molecule has 2 rings (SSSR count). The molecule has 0 heterocycles. The lowest BCUT2D eigenvalue weighted by Crippen LogP contribution is -2.28. The normalized spacial score (nSPS) is 28.6. The predicted octanol–water partition coefficient (Wildman–Crippen LogP) is 3.72. The molecule has 0 amide bonds. The summed E-state index contributed by atoms with van der Waals surface area (Å²) in [5.74, 6) is 0. The minimum Gasteiger partial charge on any atom is -0.314 e. The largest absolute Gasteiger partial charge is 0.314 e. The molecule has 1 aromatic rings. The Morgan fingerprint density at radius 1 is 1.29 bits per heavy atom. The molecular weight excluding hydrogens is 206 g/mol. The third kappa shape index (κ3) is 2.55. The molecule has 0 radical (unpaired) electrons. The second-order valence-corrected chi connectivity index (χ2v) is 5.86. The van der Waals surface area contributed by atoms with E-state index in [2.05, 4.69) is 51.2 Å². The third-order valence-electron chi connectivity index (χ3n) is 4.44. The van der Waals surface area contributed by atoms with Crippen molar-refractivity contribution in [3.63, 3.8) is 0 Å². The Morgan fingerprint density at radius 3 is 2.71 bits per heavy atom. The van der Waals surface area contributed by atoms with Crippen molar-refractivity contribution in [2.45, 2.75) is 58.4 Å². The van der Waals surface area contributed by atoms with E-state index >= 15 is 0 Å². The zero-order valence-corrected chi connectivity index (χ0v) is 11.6. The fourth-order valence-electron chi connectivity index (χ4n) is 3.08. The highest BCUT2D eigenvalue weighted by atomic mass is 14.9. The number of nitrogens with one attached hydrogen (secondary N) is 1. The smallest absolute Gasteiger partial charge is 0.00756 e. The second kappa shape index (κ2) is 4.81. The van der Waals surface area contributed by atoms with Gasteiger partial charge in [0.2, 0.25) is 0 Å². The van der Waals surface area contributed by atoms with Crippen molar-refractivity contribution >= 4 is 0 Å². The van der Waals surface area contributed by atoms with Gasteiger partial charge < -0.3 is 5.32 Å². The van der Waals surface area contributed by atoms with Crippen LogP contribution in [0.3, 0.4) is 0 Å². The lowest BCUT2D eigenvalue weighted by atomic mass is 9.80. The predicted molar refractivity (Wildman–Crippen MR) is 74.6 cm³/mol. The molecule has 94 valence electrons. The van der Waals surface area contributed by atoms with Crippen LogP contribution in [0.4, 0.5) is 0 Å². The monoisotopic (exact) mass is 231 g/mol. The van der Waals surface area contributed by atoms with Crippen molar-refractivity contribution in [1.82, 2.24) is 5.32 Å². The topological polar surface area (TPSA) is 12.0 Å². The van der Waals surface area contributed by atoms with Crippen LogP contribution in [0.1, 0.15) is 49.8 Å². The van der Waals surface area contributed by atoms with Gasteiger partial charge in [-0.25, -0.2) is 0 Å². The minimum atomic E-state index is 0.380. The summed E-state index contributed by atoms with van der Waals surface area (Å²) in [5, 5.41) is 3.60. The van der Waals surface area contributed by atoms with Crippen LogP contribution in [-0.2, 0) is 5.41 Å². The molecule has 0 bridgehead atoms. The number of hydrogen-bond acceptors (Lipinski definition) is 1. The molecule has 1 aromatic carbocycles. The van der Waals surface area contributed by atoms with Crippen LogP contribution < -0.4 is 5.32 Å². The van der Waals surface area contributed by atoms with E-state index in [0.717, 1.165) is 6.54 Å². The molecule has 0 aliphatic heterocycles. The van der Waals surface area contributed by atoms with Crippen molar-refractivity contribution in [3.05, 3.63) is 34.9 Å².